The fourth-order valence-electron chi connectivity index (χ4n) is 6.19. The van der Waals surface area contributed by atoms with Gasteiger partial charge in [-0.3, -0.25) is 9.59 Å². The van der Waals surface area contributed by atoms with Gasteiger partial charge in [0.2, 0.25) is 11.8 Å². The van der Waals surface area contributed by atoms with E-state index >= 15 is 0 Å². The van der Waals surface area contributed by atoms with Gasteiger partial charge in [-0.25, -0.2) is 0 Å². The molecule has 1 fully saturated rings. The van der Waals surface area contributed by atoms with Crippen LogP contribution in [0.4, 0.5) is 0 Å². The molecule has 2 aromatic carbocycles. The molecule has 0 aromatic heterocycles. The quantitative estimate of drug-likeness (QED) is 0.345. The summed E-state index contributed by atoms with van der Waals surface area (Å²) in [6, 6.07) is 7.52. The summed E-state index contributed by atoms with van der Waals surface area (Å²) in [5, 5.41) is 34.6. The van der Waals surface area contributed by atoms with Gasteiger partial charge in [-0.05, 0) is 54.3 Å². The number of benzene rings is 2. The fraction of sp³-hybridized carbons (Fsp3) is 0.467. The van der Waals surface area contributed by atoms with Gasteiger partial charge in [0, 0.05) is 40.2 Å². The number of nitrogens with one attached hydrogen (secondary N) is 1. The maximum atomic E-state index is 14.0. The highest BCUT2D eigenvalue weighted by Gasteiger charge is 2.52. The normalized spacial score (nSPS) is 23.3. The first kappa shape index (κ1) is 29.7. The molecule has 4 N–H and O–H groups in total. The van der Waals surface area contributed by atoms with Crippen molar-refractivity contribution in [2.75, 3.05) is 20.3 Å². The Bertz CT molecular complexity index is 1340. The largest absolute Gasteiger partial charge is 0.493 e. The number of carbonyl (C=O) groups excluding carboxylic acids is 2. The third kappa shape index (κ3) is 5.79. The number of carbonyl (C=O) groups is 2. The zero-order valence-corrected chi connectivity index (χ0v) is 24.2. The second kappa shape index (κ2) is 12.6. The second-order valence-corrected chi connectivity index (χ2v) is 11.5. The van der Waals surface area contributed by atoms with E-state index in [1.165, 1.54) is 7.11 Å². The lowest BCUT2D eigenvalue weighted by atomic mass is 9.77. The van der Waals surface area contributed by atoms with Gasteiger partial charge in [0.1, 0.15) is 12.2 Å². The summed E-state index contributed by atoms with van der Waals surface area (Å²) < 4.78 is 11.8. The molecule has 2 aliphatic carbocycles. The summed E-state index contributed by atoms with van der Waals surface area (Å²) in [6.07, 6.45) is 2.88. The Balaban J connectivity index is 1.61. The van der Waals surface area contributed by atoms with Crippen molar-refractivity contribution < 1.29 is 34.4 Å². The number of rotatable bonds is 9. The molecule has 4 unspecified atom stereocenters. The van der Waals surface area contributed by atoms with Gasteiger partial charge in [0.25, 0.3) is 0 Å². The number of methoxy groups -OCH3 is 1. The summed E-state index contributed by atoms with van der Waals surface area (Å²) >= 11 is 12.6. The molecule has 220 valence electrons. The summed E-state index contributed by atoms with van der Waals surface area (Å²) in [6.45, 7) is -0.388. The maximum Gasteiger partial charge on any atom is 0.247 e. The smallest absolute Gasteiger partial charge is 0.247 e. The van der Waals surface area contributed by atoms with E-state index in [0.717, 1.165) is 25.7 Å². The predicted molar refractivity (Wildman–Crippen MR) is 153 cm³/mol. The van der Waals surface area contributed by atoms with Crippen molar-refractivity contribution in [3.8, 4) is 11.5 Å². The molecule has 2 amide bonds. The van der Waals surface area contributed by atoms with Crippen LogP contribution < -0.4 is 14.8 Å². The zero-order chi connectivity index (χ0) is 29.3. The van der Waals surface area contributed by atoms with Crippen LogP contribution in [0.1, 0.15) is 48.3 Å². The lowest BCUT2D eigenvalue weighted by Crippen LogP contribution is -2.56. The SMILES string of the molecule is COc1cc(CO)cc2c1OC1C2C(C(=O)NCCO)=CC(N(Cc2ccc(Cl)cc2Cl)C(=O)C2CCCC2)C1O. The van der Waals surface area contributed by atoms with Crippen molar-refractivity contribution in [2.24, 2.45) is 5.92 Å². The minimum Gasteiger partial charge on any atom is -0.493 e. The summed E-state index contributed by atoms with van der Waals surface area (Å²) in [4.78, 5) is 29.1. The van der Waals surface area contributed by atoms with Crippen LogP contribution in [-0.2, 0) is 22.7 Å². The molecule has 1 heterocycles. The van der Waals surface area contributed by atoms with Crippen molar-refractivity contribution in [1.82, 2.24) is 10.2 Å². The van der Waals surface area contributed by atoms with Crippen molar-refractivity contribution in [1.29, 1.82) is 0 Å². The number of halogens is 2. The standard InChI is InChI=1S/C30H34Cl2N2O7/c1-40-24-11-16(15-36)10-20-25-21(29(38)33-8-9-35)13-23(26(37)28(25)41-27(20)24)34(30(39)17-4-2-3-5-17)14-18-6-7-19(31)12-22(18)32/h6-7,10-13,17,23,25-26,28,35-37H,2-5,8-9,14-15H2,1H3,(H,33,38). The van der Waals surface area contributed by atoms with E-state index < -0.39 is 30.1 Å². The Labute approximate surface area is 248 Å². The summed E-state index contributed by atoms with van der Waals surface area (Å²) in [7, 11) is 1.48. The summed E-state index contributed by atoms with van der Waals surface area (Å²) in [5.74, 6) is -0.745. The van der Waals surface area contributed by atoms with Crippen molar-refractivity contribution >= 4 is 35.0 Å². The number of nitrogens with zero attached hydrogens (tertiary/aromatic N) is 1. The number of aliphatic hydroxyl groups is 3. The molecule has 0 radical (unpaired) electrons. The zero-order valence-electron chi connectivity index (χ0n) is 22.7. The van der Waals surface area contributed by atoms with Gasteiger partial charge < -0.3 is 35.0 Å². The Hall–Kier alpha value is -2.82. The number of hydrogen-bond acceptors (Lipinski definition) is 7. The van der Waals surface area contributed by atoms with Crippen LogP contribution in [-0.4, -0.2) is 70.5 Å². The Morgan fingerprint density at radius 2 is 1.90 bits per heavy atom. The van der Waals surface area contributed by atoms with E-state index in [4.69, 9.17) is 32.7 Å². The molecule has 9 nitrogen and oxygen atoms in total. The Morgan fingerprint density at radius 3 is 2.56 bits per heavy atom. The van der Waals surface area contributed by atoms with Gasteiger partial charge in [0.05, 0.1) is 32.3 Å². The fourth-order valence-corrected chi connectivity index (χ4v) is 6.66. The minimum absolute atomic E-state index is 0.0274. The van der Waals surface area contributed by atoms with Gasteiger partial charge >= 0.3 is 0 Å². The predicted octanol–water partition coefficient (Wildman–Crippen LogP) is 3.34. The summed E-state index contributed by atoms with van der Waals surface area (Å²) in [5.41, 5.74) is 2.10. The van der Waals surface area contributed by atoms with E-state index in [0.29, 0.717) is 43.8 Å². The lowest BCUT2D eigenvalue weighted by molar-refractivity contribution is -0.142. The molecule has 5 rings (SSSR count). The molecule has 2 aromatic rings. The molecule has 0 spiro atoms. The van der Waals surface area contributed by atoms with E-state index in [9.17, 15) is 24.9 Å². The topological polar surface area (TPSA) is 129 Å². The molecule has 4 atom stereocenters. The van der Waals surface area contributed by atoms with Crippen LogP contribution in [0.15, 0.2) is 42.0 Å². The molecule has 3 aliphatic rings. The van der Waals surface area contributed by atoms with Crippen LogP contribution >= 0.6 is 23.2 Å². The number of aliphatic hydroxyl groups excluding tert-OH is 3. The number of fused-ring (bicyclic) bond motifs is 3. The molecule has 0 bridgehead atoms. The van der Waals surface area contributed by atoms with Gasteiger partial charge in [-0.1, -0.05) is 42.1 Å². The van der Waals surface area contributed by atoms with E-state index in [-0.39, 0.29) is 38.1 Å². The minimum atomic E-state index is -1.21. The average Bonchev–Trinajstić information content (AvgIpc) is 3.64. The maximum absolute atomic E-state index is 14.0. The van der Waals surface area contributed by atoms with Crippen LogP contribution in [0.5, 0.6) is 11.5 Å². The Kier molecular flexibility index (Phi) is 9.11. The first-order valence-corrected chi connectivity index (χ1v) is 14.5. The molecule has 11 heteroatoms. The number of ether oxygens (including phenoxy) is 2. The first-order chi connectivity index (χ1) is 19.8. The van der Waals surface area contributed by atoms with E-state index in [1.54, 1.807) is 41.3 Å². The highest BCUT2D eigenvalue weighted by Crippen LogP contribution is 2.51. The molecular weight excluding hydrogens is 571 g/mol. The number of hydrogen-bond donors (Lipinski definition) is 4. The molecule has 1 saturated carbocycles. The van der Waals surface area contributed by atoms with E-state index in [1.807, 2.05) is 0 Å². The molecule has 0 saturated heterocycles. The number of amides is 2. The second-order valence-electron chi connectivity index (χ2n) is 10.7. The van der Waals surface area contributed by atoms with Crippen molar-refractivity contribution in [3.63, 3.8) is 0 Å². The average molecular weight is 606 g/mol. The van der Waals surface area contributed by atoms with Crippen LogP contribution in [0.25, 0.3) is 0 Å². The van der Waals surface area contributed by atoms with Crippen LogP contribution in [0.3, 0.4) is 0 Å². The molecular formula is C30H34Cl2N2O7. The third-order valence-corrected chi connectivity index (χ3v) is 8.78. The molecule has 1 aliphatic heterocycles. The van der Waals surface area contributed by atoms with Crippen molar-refractivity contribution in [3.05, 3.63) is 68.7 Å². The van der Waals surface area contributed by atoms with Gasteiger partial charge in [-0.15, -0.1) is 0 Å². The van der Waals surface area contributed by atoms with Gasteiger partial charge in [0.15, 0.2) is 11.5 Å². The molecule has 41 heavy (non-hydrogen) atoms. The highest BCUT2D eigenvalue weighted by atomic mass is 35.5. The van der Waals surface area contributed by atoms with E-state index in [2.05, 4.69) is 5.32 Å². The highest BCUT2D eigenvalue weighted by molar-refractivity contribution is 6.35. The van der Waals surface area contributed by atoms with Gasteiger partial charge in [-0.2, -0.15) is 0 Å². The van der Waals surface area contributed by atoms with Crippen LogP contribution in [0, 0.1) is 5.92 Å². The van der Waals surface area contributed by atoms with Crippen molar-refractivity contribution in [2.45, 2.75) is 63.0 Å². The Morgan fingerprint density at radius 1 is 1.15 bits per heavy atom. The monoisotopic (exact) mass is 604 g/mol. The third-order valence-electron chi connectivity index (χ3n) is 8.20. The first-order valence-electron chi connectivity index (χ1n) is 13.8. The van der Waals surface area contributed by atoms with Crippen LogP contribution in [0.2, 0.25) is 10.0 Å². The lowest BCUT2D eigenvalue weighted by Gasteiger charge is -2.41.